The number of nitrogen functional groups attached to an aromatic ring is 1. The Morgan fingerprint density at radius 2 is 1.71 bits per heavy atom. The molecule has 6 nitrogen and oxygen atoms in total. The van der Waals surface area contributed by atoms with Gasteiger partial charge in [0.2, 0.25) is 11.1 Å². The molecule has 0 aliphatic carbocycles. The van der Waals surface area contributed by atoms with Crippen molar-refractivity contribution in [3.8, 4) is 11.1 Å². The molecule has 3 N–H and O–H groups in total. The van der Waals surface area contributed by atoms with Gasteiger partial charge in [-0.3, -0.25) is 4.79 Å². The summed E-state index contributed by atoms with van der Waals surface area (Å²) in [6, 6.07) is 17.7. The van der Waals surface area contributed by atoms with Gasteiger partial charge in [0.15, 0.2) is 5.82 Å². The highest BCUT2D eigenvalue weighted by molar-refractivity contribution is 8.00. The number of benzene rings is 2. The highest BCUT2D eigenvalue weighted by Crippen LogP contribution is 2.30. The van der Waals surface area contributed by atoms with Gasteiger partial charge < -0.3 is 11.2 Å². The molecule has 0 saturated carbocycles. The molecule has 1 atom stereocenters. The molecule has 1 amide bonds. The summed E-state index contributed by atoms with van der Waals surface area (Å²) < 4.78 is 1.46. The molecule has 28 heavy (non-hydrogen) atoms. The van der Waals surface area contributed by atoms with Crippen LogP contribution in [0, 0.1) is 0 Å². The molecule has 0 saturated heterocycles. The molecule has 1 unspecified atom stereocenters. The van der Waals surface area contributed by atoms with Crippen molar-refractivity contribution in [1.29, 1.82) is 0 Å². The van der Waals surface area contributed by atoms with E-state index in [0.29, 0.717) is 11.0 Å². The number of amides is 1. The summed E-state index contributed by atoms with van der Waals surface area (Å²) in [6.45, 7) is 7.89. The molecule has 2 aromatic carbocycles. The van der Waals surface area contributed by atoms with Gasteiger partial charge in [-0.25, -0.2) is 4.68 Å². The maximum atomic E-state index is 12.8. The molecular formula is C21H25N5OS. The van der Waals surface area contributed by atoms with Crippen LogP contribution in [0.4, 0.5) is 5.69 Å². The molecule has 0 aliphatic rings. The minimum absolute atomic E-state index is 0.117. The number of thioether (sulfide) groups is 1. The largest absolute Gasteiger partial charge is 0.336 e. The van der Waals surface area contributed by atoms with Gasteiger partial charge in [0.1, 0.15) is 0 Å². The van der Waals surface area contributed by atoms with Crippen molar-refractivity contribution in [3.63, 3.8) is 0 Å². The first-order valence-electron chi connectivity index (χ1n) is 9.10. The summed E-state index contributed by atoms with van der Waals surface area (Å²) in [5, 5.41) is 11.5. The second-order valence-electron chi connectivity index (χ2n) is 7.59. The van der Waals surface area contributed by atoms with E-state index < -0.39 is 0 Å². The number of anilines is 1. The molecule has 0 spiro atoms. The maximum Gasteiger partial charge on any atom is 0.237 e. The lowest BCUT2D eigenvalue weighted by atomic mass is 9.96. The number of carbonyl (C=O) groups is 1. The van der Waals surface area contributed by atoms with Crippen LogP contribution in [0.5, 0.6) is 0 Å². The number of carbonyl (C=O) groups excluding carboxylic acids is 1. The first-order valence-corrected chi connectivity index (χ1v) is 9.98. The molecule has 3 rings (SSSR count). The molecule has 1 aromatic heterocycles. The summed E-state index contributed by atoms with van der Waals surface area (Å²) >= 11 is 1.29. The highest BCUT2D eigenvalue weighted by atomic mass is 32.2. The van der Waals surface area contributed by atoms with Crippen LogP contribution in [0.3, 0.4) is 0 Å². The Morgan fingerprint density at radius 1 is 1.07 bits per heavy atom. The summed E-state index contributed by atoms with van der Waals surface area (Å²) in [5.41, 5.74) is 2.58. The molecule has 0 bridgehead atoms. The predicted octanol–water partition coefficient (Wildman–Crippen LogP) is 4.08. The monoisotopic (exact) mass is 395 g/mol. The number of hydrogen-bond acceptors (Lipinski definition) is 5. The third-order valence-corrected chi connectivity index (χ3v) is 5.31. The third-order valence-electron chi connectivity index (χ3n) is 4.26. The number of nitrogens with two attached hydrogens (primary N) is 1. The van der Waals surface area contributed by atoms with Crippen molar-refractivity contribution in [2.24, 2.45) is 0 Å². The van der Waals surface area contributed by atoms with E-state index in [9.17, 15) is 4.79 Å². The Bertz CT molecular complexity index is 962. The maximum absolute atomic E-state index is 12.8. The zero-order valence-corrected chi connectivity index (χ0v) is 17.3. The second-order valence-corrected chi connectivity index (χ2v) is 8.90. The highest BCUT2D eigenvalue weighted by Gasteiger charge is 2.25. The zero-order chi connectivity index (χ0) is 20.3. The second kappa shape index (κ2) is 8.06. The minimum Gasteiger partial charge on any atom is -0.336 e. The molecular weight excluding hydrogens is 370 g/mol. The van der Waals surface area contributed by atoms with Crippen LogP contribution in [0.15, 0.2) is 59.8 Å². The number of para-hydroxylation sites is 1. The van der Waals surface area contributed by atoms with E-state index in [-0.39, 0.29) is 16.6 Å². The summed E-state index contributed by atoms with van der Waals surface area (Å²) in [7, 11) is 0. The first-order chi connectivity index (χ1) is 13.3. The van der Waals surface area contributed by atoms with E-state index >= 15 is 0 Å². The van der Waals surface area contributed by atoms with Crippen molar-refractivity contribution < 1.29 is 4.79 Å². The van der Waals surface area contributed by atoms with Crippen LogP contribution in [-0.4, -0.2) is 26.0 Å². The quantitative estimate of drug-likeness (QED) is 0.502. The van der Waals surface area contributed by atoms with E-state index in [0.717, 1.165) is 16.8 Å². The summed E-state index contributed by atoms with van der Waals surface area (Å²) in [5.74, 6) is 6.69. The van der Waals surface area contributed by atoms with Gasteiger partial charge in [0, 0.05) is 16.7 Å². The van der Waals surface area contributed by atoms with Crippen molar-refractivity contribution in [2.75, 3.05) is 11.2 Å². The normalized spacial score (nSPS) is 12.6. The SMILES string of the molecule is CC(Sc1nnc(C(C)(C)C)n1N)C(=O)Nc1ccccc1-c1ccccc1. The average molecular weight is 396 g/mol. The number of nitrogens with zero attached hydrogens (tertiary/aromatic N) is 3. The fraction of sp³-hybridized carbons (Fsp3) is 0.286. The van der Waals surface area contributed by atoms with Crippen LogP contribution < -0.4 is 11.2 Å². The molecule has 0 fully saturated rings. The van der Waals surface area contributed by atoms with Crippen molar-refractivity contribution in [1.82, 2.24) is 14.9 Å². The first kappa shape index (κ1) is 19.9. The molecule has 0 radical (unpaired) electrons. The molecule has 146 valence electrons. The topological polar surface area (TPSA) is 85.8 Å². The van der Waals surface area contributed by atoms with Gasteiger partial charge in [0.05, 0.1) is 5.25 Å². The Morgan fingerprint density at radius 3 is 2.36 bits per heavy atom. The average Bonchev–Trinajstić information content (AvgIpc) is 3.03. The van der Waals surface area contributed by atoms with Crippen LogP contribution in [0.2, 0.25) is 0 Å². The molecule has 0 aliphatic heterocycles. The van der Waals surface area contributed by atoms with Crippen molar-refractivity contribution in [2.45, 2.75) is 43.5 Å². The Hall–Kier alpha value is -2.80. The molecule has 3 aromatic rings. The van der Waals surface area contributed by atoms with Gasteiger partial charge in [-0.2, -0.15) is 0 Å². The summed E-state index contributed by atoms with van der Waals surface area (Å²) in [4.78, 5) is 12.8. The minimum atomic E-state index is -0.386. The fourth-order valence-corrected chi connectivity index (χ4v) is 3.55. The van der Waals surface area contributed by atoms with Gasteiger partial charge >= 0.3 is 0 Å². The van der Waals surface area contributed by atoms with E-state index in [4.69, 9.17) is 5.84 Å². The van der Waals surface area contributed by atoms with Crippen LogP contribution >= 0.6 is 11.8 Å². The van der Waals surface area contributed by atoms with Crippen molar-refractivity contribution in [3.05, 3.63) is 60.4 Å². The van der Waals surface area contributed by atoms with Crippen molar-refractivity contribution >= 4 is 23.4 Å². The number of nitrogens with one attached hydrogen (secondary N) is 1. The van der Waals surface area contributed by atoms with Gasteiger partial charge in [-0.15, -0.1) is 10.2 Å². The lowest BCUT2D eigenvalue weighted by Gasteiger charge is -2.17. The van der Waals surface area contributed by atoms with Gasteiger partial charge in [0.25, 0.3) is 0 Å². The smallest absolute Gasteiger partial charge is 0.237 e. The molecule has 1 heterocycles. The van der Waals surface area contributed by atoms with E-state index in [2.05, 4.69) is 15.5 Å². The van der Waals surface area contributed by atoms with E-state index in [1.54, 1.807) is 0 Å². The third kappa shape index (κ3) is 4.36. The standard InChI is InChI=1S/C21H25N5OS/c1-14(28-20-25-24-19(26(20)22)21(2,3)4)18(27)23-17-13-9-8-12-16(17)15-10-6-5-7-11-15/h5-14H,22H2,1-4H3,(H,23,27). The molecule has 7 heteroatoms. The van der Waals surface area contributed by atoms with E-state index in [1.807, 2.05) is 82.3 Å². The van der Waals surface area contributed by atoms with Crippen LogP contribution in [-0.2, 0) is 10.2 Å². The fourth-order valence-electron chi connectivity index (χ4n) is 2.78. The lowest BCUT2D eigenvalue weighted by molar-refractivity contribution is -0.115. The van der Waals surface area contributed by atoms with Crippen LogP contribution in [0.1, 0.15) is 33.5 Å². The lowest BCUT2D eigenvalue weighted by Crippen LogP contribution is -2.26. The predicted molar refractivity (Wildman–Crippen MR) is 115 cm³/mol. The van der Waals surface area contributed by atoms with Gasteiger partial charge in [-0.05, 0) is 18.6 Å². The number of aromatic nitrogens is 3. The number of hydrogen-bond donors (Lipinski definition) is 2. The van der Waals surface area contributed by atoms with Gasteiger partial charge in [-0.1, -0.05) is 81.1 Å². The Labute approximate surface area is 169 Å². The zero-order valence-electron chi connectivity index (χ0n) is 16.5. The summed E-state index contributed by atoms with van der Waals surface area (Å²) in [6.07, 6.45) is 0. The Balaban J connectivity index is 1.75. The Kier molecular flexibility index (Phi) is 5.74. The van der Waals surface area contributed by atoms with Crippen LogP contribution in [0.25, 0.3) is 11.1 Å². The van der Waals surface area contributed by atoms with E-state index in [1.165, 1.54) is 16.4 Å². The number of rotatable bonds is 5.